The monoisotopic (exact) mass is 312 g/mol. The van der Waals surface area contributed by atoms with Gasteiger partial charge in [0.2, 0.25) is 0 Å². The Hall–Kier alpha value is -2.52. The summed E-state index contributed by atoms with van der Waals surface area (Å²) >= 11 is 0. The molecule has 10 heteroatoms. The minimum absolute atomic E-state index is 0.0889. The van der Waals surface area contributed by atoms with Crippen LogP contribution in [0.1, 0.15) is 25.7 Å². The van der Waals surface area contributed by atoms with Gasteiger partial charge in [0.25, 0.3) is 0 Å². The van der Waals surface area contributed by atoms with Crippen molar-refractivity contribution in [1.82, 2.24) is 31.9 Å². The van der Waals surface area contributed by atoms with Crippen molar-refractivity contribution < 1.29 is 0 Å². The van der Waals surface area contributed by atoms with E-state index in [1.165, 1.54) is 0 Å². The standard InChI is InChI=1S/C12H28N10/c1-17-9(13)21-11(15)19-7-5-3-4-6-8-20-12(16)22-10(14)18-2/h3-8H2,1-2H3,(H5,13,15,17,19,21)(H5,14,16,18,20,22). The van der Waals surface area contributed by atoms with Crippen LogP contribution in [-0.4, -0.2) is 51.0 Å². The highest BCUT2D eigenvalue weighted by atomic mass is 15.2. The van der Waals surface area contributed by atoms with E-state index in [9.17, 15) is 0 Å². The summed E-state index contributed by atoms with van der Waals surface area (Å²) in [7, 11) is 3.24. The molecule has 0 rings (SSSR count). The van der Waals surface area contributed by atoms with Gasteiger partial charge in [-0.1, -0.05) is 12.8 Å². The molecule has 0 saturated carbocycles. The Balaban J connectivity index is 3.40. The molecular weight excluding hydrogens is 284 g/mol. The number of hydrogen-bond donors (Lipinski definition) is 10. The first-order chi connectivity index (χ1) is 10.5. The summed E-state index contributed by atoms with van der Waals surface area (Å²) in [6.45, 7) is 1.37. The van der Waals surface area contributed by atoms with E-state index < -0.39 is 0 Å². The molecule has 0 radical (unpaired) electrons. The second kappa shape index (κ2) is 12.2. The molecule has 22 heavy (non-hydrogen) atoms. The van der Waals surface area contributed by atoms with Gasteiger partial charge in [0.05, 0.1) is 0 Å². The molecule has 0 bridgehead atoms. The normalized spacial score (nSPS) is 9.36. The van der Waals surface area contributed by atoms with E-state index in [4.69, 9.17) is 21.6 Å². The average molecular weight is 312 g/mol. The smallest absolute Gasteiger partial charge is 0.195 e. The molecule has 0 unspecified atom stereocenters. The van der Waals surface area contributed by atoms with E-state index in [0.717, 1.165) is 25.7 Å². The van der Waals surface area contributed by atoms with Gasteiger partial charge in [-0.15, -0.1) is 0 Å². The van der Waals surface area contributed by atoms with E-state index in [-0.39, 0.29) is 23.8 Å². The molecule has 0 heterocycles. The number of rotatable bonds is 7. The van der Waals surface area contributed by atoms with Crippen LogP contribution in [0.4, 0.5) is 0 Å². The van der Waals surface area contributed by atoms with E-state index in [1.807, 2.05) is 0 Å². The Morgan fingerprint density at radius 3 is 1.27 bits per heavy atom. The fourth-order valence-corrected chi connectivity index (χ4v) is 1.49. The topological polar surface area (TPSA) is 168 Å². The van der Waals surface area contributed by atoms with Crippen LogP contribution in [0, 0.1) is 21.6 Å². The predicted molar refractivity (Wildman–Crippen MR) is 89.8 cm³/mol. The van der Waals surface area contributed by atoms with Gasteiger partial charge in [-0.25, -0.2) is 0 Å². The first kappa shape index (κ1) is 19.5. The first-order valence-electron chi connectivity index (χ1n) is 7.21. The first-order valence-corrected chi connectivity index (χ1v) is 7.21. The molecule has 0 atom stereocenters. The lowest BCUT2D eigenvalue weighted by Gasteiger charge is -2.11. The van der Waals surface area contributed by atoms with Gasteiger partial charge in [0.1, 0.15) is 0 Å². The highest BCUT2D eigenvalue weighted by Crippen LogP contribution is 1.97. The highest BCUT2D eigenvalue weighted by Gasteiger charge is 1.99. The predicted octanol–water partition coefficient (Wildman–Crippen LogP) is -0.917. The van der Waals surface area contributed by atoms with Crippen LogP contribution in [0.2, 0.25) is 0 Å². The molecule has 0 aromatic heterocycles. The van der Waals surface area contributed by atoms with Crippen molar-refractivity contribution in [3.63, 3.8) is 0 Å². The van der Waals surface area contributed by atoms with Gasteiger partial charge in [0, 0.05) is 27.2 Å². The molecule has 0 fully saturated rings. The van der Waals surface area contributed by atoms with Gasteiger partial charge in [-0.05, 0) is 12.8 Å². The van der Waals surface area contributed by atoms with E-state index >= 15 is 0 Å². The van der Waals surface area contributed by atoms with Crippen LogP contribution >= 0.6 is 0 Å². The van der Waals surface area contributed by atoms with Crippen molar-refractivity contribution in [3.05, 3.63) is 0 Å². The third kappa shape index (κ3) is 11.3. The van der Waals surface area contributed by atoms with Crippen molar-refractivity contribution in [2.75, 3.05) is 27.2 Å². The molecule has 0 aromatic rings. The van der Waals surface area contributed by atoms with Crippen LogP contribution in [0.3, 0.4) is 0 Å². The SMILES string of the molecule is CNC(=N)NC(=N)NCCCCCCNC(=N)NC(=N)NC. The van der Waals surface area contributed by atoms with E-state index in [0.29, 0.717) is 13.1 Å². The lowest BCUT2D eigenvalue weighted by atomic mass is 10.2. The van der Waals surface area contributed by atoms with Crippen molar-refractivity contribution in [2.45, 2.75) is 25.7 Å². The summed E-state index contributed by atoms with van der Waals surface area (Å²) in [6.07, 6.45) is 3.94. The maximum Gasteiger partial charge on any atom is 0.195 e. The van der Waals surface area contributed by atoms with Gasteiger partial charge in [-0.2, -0.15) is 0 Å². The van der Waals surface area contributed by atoms with E-state index in [2.05, 4.69) is 31.9 Å². The van der Waals surface area contributed by atoms with Crippen molar-refractivity contribution >= 4 is 23.8 Å². The fourth-order valence-electron chi connectivity index (χ4n) is 1.49. The molecule has 0 saturated heterocycles. The molecule has 0 aliphatic carbocycles. The molecule has 0 amide bonds. The zero-order valence-corrected chi connectivity index (χ0v) is 13.2. The molecule has 10 nitrogen and oxygen atoms in total. The summed E-state index contributed by atoms with van der Waals surface area (Å²) in [6, 6.07) is 0. The lowest BCUT2D eigenvalue weighted by Crippen LogP contribution is -2.45. The van der Waals surface area contributed by atoms with Crippen LogP contribution in [0.5, 0.6) is 0 Å². The lowest BCUT2D eigenvalue weighted by molar-refractivity contribution is 0.619. The molecule has 0 aromatic carbocycles. The Morgan fingerprint density at radius 1 is 0.591 bits per heavy atom. The van der Waals surface area contributed by atoms with Crippen LogP contribution < -0.4 is 31.9 Å². The van der Waals surface area contributed by atoms with Gasteiger partial charge >= 0.3 is 0 Å². The summed E-state index contributed by atoms with van der Waals surface area (Å²) in [4.78, 5) is 0. The number of unbranched alkanes of at least 4 members (excludes halogenated alkanes) is 3. The average Bonchev–Trinajstić information content (AvgIpc) is 2.49. The zero-order chi connectivity index (χ0) is 16.8. The molecule has 10 N–H and O–H groups in total. The minimum atomic E-state index is 0.0889. The molecule has 0 aliphatic heterocycles. The Morgan fingerprint density at radius 2 is 0.955 bits per heavy atom. The second-order valence-corrected chi connectivity index (χ2v) is 4.52. The summed E-state index contributed by atoms with van der Waals surface area (Å²) in [5.74, 6) is 0.414. The van der Waals surface area contributed by atoms with Gasteiger partial charge < -0.3 is 21.3 Å². The van der Waals surface area contributed by atoms with Crippen LogP contribution in [-0.2, 0) is 0 Å². The third-order valence-corrected chi connectivity index (χ3v) is 2.71. The zero-order valence-electron chi connectivity index (χ0n) is 13.2. The van der Waals surface area contributed by atoms with Gasteiger partial charge in [-0.3, -0.25) is 32.3 Å². The van der Waals surface area contributed by atoms with E-state index in [1.54, 1.807) is 14.1 Å². The maximum absolute atomic E-state index is 7.52. The highest BCUT2D eigenvalue weighted by molar-refractivity contribution is 5.95. The van der Waals surface area contributed by atoms with Crippen LogP contribution in [0.15, 0.2) is 0 Å². The molecule has 126 valence electrons. The van der Waals surface area contributed by atoms with Crippen molar-refractivity contribution in [2.24, 2.45) is 0 Å². The number of nitrogens with one attached hydrogen (secondary N) is 10. The quantitative estimate of drug-likeness (QED) is 0.166. The molecular formula is C12H28N10. The Kier molecular flexibility index (Phi) is 10.8. The van der Waals surface area contributed by atoms with Crippen LogP contribution in [0.25, 0.3) is 0 Å². The Labute approximate surface area is 131 Å². The Bertz CT molecular complexity index is 342. The summed E-state index contributed by atoms with van der Waals surface area (Å²) < 4.78 is 0. The fraction of sp³-hybridized carbons (Fsp3) is 0.667. The molecule has 0 spiro atoms. The maximum atomic E-state index is 7.52. The summed E-state index contributed by atoms with van der Waals surface area (Å²) in [5, 5.41) is 45.7. The van der Waals surface area contributed by atoms with Crippen molar-refractivity contribution in [3.8, 4) is 0 Å². The minimum Gasteiger partial charge on any atom is -0.359 e. The number of guanidine groups is 4. The summed E-state index contributed by atoms with van der Waals surface area (Å²) in [5.41, 5.74) is 0. The number of hydrogen-bond acceptors (Lipinski definition) is 4. The second-order valence-electron chi connectivity index (χ2n) is 4.52. The largest absolute Gasteiger partial charge is 0.359 e. The van der Waals surface area contributed by atoms with Gasteiger partial charge in [0.15, 0.2) is 23.8 Å². The van der Waals surface area contributed by atoms with Crippen molar-refractivity contribution in [1.29, 1.82) is 21.6 Å². The third-order valence-electron chi connectivity index (χ3n) is 2.71. The molecule has 0 aliphatic rings.